The Morgan fingerprint density at radius 1 is 1.16 bits per heavy atom. The minimum atomic E-state index is 0.323. The fourth-order valence-corrected chi connectivity index (χ4v) is 5.61. The van der Waals surface area contributed by atoms with Crippen LogP contribution in [0, 0.1) is 0 Å². The van der Waals surface area contributed by atoms with Gasteiger partial charge in [-0.15, -0.1) is 0 Å². The van der Waals surface area contributed by atoms with Gasteiger partial charge < -0.3 is 15.2 Å². The molecule has 2 aliphatic heterocycles. The standard InChI is InChI=1S/C23H26ClN7/c24-23-28-19-14-31(20-6-5-15-3-1-2-4-17(15)20)13-18(19)22(29-23)30-10-9-25-16(12-30)11-21-26-7-8-27-21/h1-4,7-8,16,20,25H,5-6,9-14H2,(H,26,27). The van der Waals surface area contributed by atoms with Crippen molar-refractivity contribution in [2.24, 2.45) is 0 Å². The van der Waals surface area contributed by atoms with Crippen molar-refractivity contribution in [1.29, 1.82) is 0 Å². The van der Waals surface area contributed by atoms with E-state index in [2.05, 4.69) is 54.3 Å². The Kier molecular flexibility index (Phi) is 4.89. The quantitative estimate of drug-likeness (QED) is 0.614. The maximum Gasteiger partial charge on any atom is 0.224 e. The fourth-order valence-electron chi connectivity index (χ4n) is 5.43. The van der Waals surface area contributed by atoms with E-state index in [-0.39, 0.29) is 0 Å². The normalized spacial score (nSPS) is 23.2. The molecule has 3 aromatic rings. The number of nitrogens with zero attached hydrogens (tertiary/aromatic N) is 5. The average Bonchev–Trinajstić information content (AvgIpc) is 3.52. The lowest BCUT2D eigenvalue weighted by Gasteiger charge is -2.35. The van der Waals surface area contributed by atoms with Gasteiger partial charge in [-0.25, -0.2) is 15.0 Å². The van der Waals surface area contributed by atoms with Gasteiger partial charge in [0.05, 0.1) is 5.69 Å². The SMILES string of the molecule is Clc1nc2c(c(N3CCNC(Cc4ncc[nH]4)C3)n1)CN(C1CCc3ccccc31)C2. The minimum absolute atomic E-state index is 0.323. The monoisotopic (exact) mass is 435 g/mol. The largest absolute Gasteiger partial charge is 0.353 e. The van der Waals surface area contributed by atoms with Crippen LogP contribution in [0.5, 0.6) is 0 Å². The molecule has 0 radical (unpaired) electrons. The second kappa shape index (κ2) is 7.89. The topological polar surface area (TPSA) is 73.0 Å². The van der Waals surface area contributed by atoms with Crippen LogP contribution in [-0.4, -0.2) is 50.5 Å². The summed E-state index contributed by atoms with van der Waals surface area (Å²) in [7, 11) is 0. The number of fused-ring (bicyclic) bond motifs is 2. The van der Waals surface area contributed by atoms with Gasteiger partial charge in [0.1, 0.15) is 11.6 Å². The molecule has 0 spiro atoms. The van der Waals surface area contributed by atoms with Gasteiger partial charge in [-0.1, -0.05) is 24.3 Å². The van der Waals surface area contributed by atoms with E-state index in [1.807, 2.05) is 12.4 Å². The van der Waals surface area contributed by atoms with Crippen LogP contribution in [0.3, 0.4) is 0 Å². The molecular formula is C23H26ClN7. The molecule has 2 N–H and O–H groups in total. The lowest BCUT2D eigenvalue weighted by atomic mass is 10.1. The van der Waals surface area contributed by atoms with E-state index in [1.54, 1.807) is 0 Å². The molecule has 0 bridgehead atoms. The molecule has 1 fully saturated rings. The van der Waals surface area contributed by atoms with Gasteiger partial charge in [0.15, 0.2) is 0 Å². The van der Waals surface area contributed by atoms with Crippen molar-refractivity contribution >= 4 is 17.4 Å². The molecule has 2 atom stereocenters. The van der Waals surface area contributed by atoms with E-state index < -0.39 is 0 Å². The van der Waals surface area contributed by atoms with E-state index in [0.717, 1.165) is 62.9 Å². The van der Waals surface area contributed by atoms with Crippen molar-refractivity contribution in [2.45, 2.75) is 44.4 Å². The van der Waals surface area contributed by atoms with Gasteiger partial charge in [-0.05, 0) is 35.6 Å². The number of aryl methyl sites for hydroxylation is 1. The number of hydrogen-bond donors (Lipinski definition) is 2. The molecule has 7 nitrogen and oxygen atoms in total. The number of anilines is 1. The van der Waals surface area contributed by atoms with E-state index >= 15 is 0 Å². The number of aromatic amines is 1. The Labute approximate surface area is 186 Å². The molecule has 2 aromatic heterocycles. The highest BCUT2D eigenvalue weighted by molar-refractivity contribution is 6.28. The second-order valence-electron chi connectivity index (χ2n) is 8.74. The maximum absolute atomic E-state index is 6.39. The molecule has 1 aliphatic carbocycles. The van der Waals surface area contributed by atoms with Crippen LogP contribution in [0.25, 0.3) is 0 Å². The summed E-state index contributed by atoms with van der Waals surface area (Å²) < 4.78 is 0. The van der Waals surface area contributed by atoms with Crippen molar-refractivity contribution in [3.8, 4) is 0 Å². The Hall–Kier alpha value is -2.48. The van der Waals surface area contributed by atoms with Crippen LogP contribution in [0.15, 0.2) is 36.7 Å². The number of piperazine rings is 1. The highest BCUT2D eigenvalue weighted by atomic mass is 35.5. The third-order valence-corrected chi connectivity index (χ3v) is 7.02. The van der Waals surface area contributed by atoms with Gasteiger partial charge in [0, 0.05) is 69.2 Å². The smallest absolute Gasteiger partial charge is 0.224 e. The van der Waals surface area contributed by atoms with Gasteiger partial charge in [-0.3, -0.25) is 4.90 Å². The summed E-state index contributed by atoms with van der Waals surface area (Å²) in [6, 6.07) is 9.62. The summed E-state index contributed by atoms with van der Waals surface area (Å²) in [4.78, 5) is 21.9. The lowest BCUT2D eigenvalue weighted by molar-refractivity contribution is 0.199. The predicted octanol–water partition coefficient (Wildman–Crippen LogP) is 2.88. The maximum atomic E-state index is 6.39. The number of aromatic nitrogens is 4. The summed E-state index contributed by atoms with van der Waals surface area (Å²) in [5.74, 6) is 2.02. The molecule has 3 aliphatic rings. The van der Waals surface area contributed by atoms with Crippen LogP contribution >= 0.6 is 11.6 Å². The van der Waals surface area contributed by atoms with Gasteiger partial charge in [0.25, 0.3) is 0 Å². The molecule has 160 valence electrons. The lowest BCUT2D eigenvalue weighted by Crippen LogP contribution is -2.52. The summed E-state index contributed by atoms with van der Waals surface area (Å²) in [5, 5.41) is 3.97. The zero-order valence-corrected chi connectivity index (χ0v) is 18.1. The number of imidazole rings is 1. The zero-order chi connectivity index (χ0) is 20.8. The third kappa shape index (κ3) is 3.60. The molecule has 4 heterocycles. The molecule has 0 amide bonds. The van der Waals surface area contributed by atoms with Crippen molar-refractivity contribution < 1.29 is 0 Å². The summed E-state index contributed by atoms with van der Waals surface area (Å²) in [6.45, 7) is 4.44. The van der Waals surface area contributed by atoms with E-state index in [0.29, 0.717) is 17.4 Å². The Balaban J connectivity index is 1.25. The average molecular weight is 436 g/mol. The molecule has 1 saturated heterocycles. The van der Waals surface area contributed by atoms with Crippen molar-refractivity contribution in [2.75, 3.05) is 24.5 Å². The first-order chi connectivity index (χ1) is 15.2. The van der Waals surface area contributed by atoms with Crippen LogP contribution in [0.4, 0.5) is 5.82 Å². The summed E-state index contributed by atoms with van der Waals surface area (Å²) in [5.41, 5.74) is 5.28. The first kappa shape index (κ1) is 19.2. The Morgan fingerprint density at radius 3 is 3.00 bits per heavy atom. The molecule has 2 unspecified atom stereocenters. The highest BCUT2D eigenvalue weighted by Crippen LogP contribution is 2.41. The van der Waals surface area contributed by atoms with Crippen molar-refractivity contribution in [3.05, 3.63) is 70.2 Å². The number of halogens is 1. The van der Waals surface area contributed by atoms with Gasteiger partial charge >= 0.3 is 0 Å². The molecule has 1 aromatic carbocycles. The van der Waals surface area contributed by atoms with Crippen LogP contribution < -0.4 is 10.2 Å². The number of hydrogen-bond acceptors (Lipinski definition) is 6. The molecule has 8 heteroatoms. The Bertz CT molecular complexity index is 1080. The fraction of sp³-hybridized carbons (Fsp3) is 0.435. The third-order valence-electron chi connectivity index (χ3n) is 6.85. The number of rotatable bonds is 4. The van der Waals surface area contributed by atoms with E-state index in [4.69, 9.17) is 16.6 Å². The first-order valence-electron chi connectivity index (χ1n) is 11.1. The van der Waals surface area contributed by atoms with E-state index in [9.17, 15) is 0 Å². The number of benzene rings is 1. The molecule has 0 saturated carbocycles. The molecular weight excluding hydrogens is 410 g/mol. The molecule has 31 heavy (non-hydrogen) atoms. The number of H-pyrrole nitrogens is 1. The van der Waals surface area contributed by atoms with Crippen LogP contribution in [0.2, 0.25) is 5.28 Å². The van der Waals surface area contributed by atoms with E-state index in [1.165, 1.54) is 23.1 Å². The Morgan fingerprint density at radius 2 is 2.10 bits per heavy atom. The van der Waals surface area contributed by atoms with Crippen molar-refractivity contribution in [3.63, 3.8) is 0 Å². The summed E-state index contributed by atoms with van der Waals surface area (Å²) >= 11 is 6.39. The zero-order valence-electron chi connectivity index (χ0n) is 17.4. The minimum Gasteiger partial charge on any atom is -0.353 e. The highest BCUT2D eigenvalue weighted by Gasteiger charge is 2.35. The van der Waals surface area contributed by atoms with Crippen LogP contribution in [-0.2, 0) is 25.9 Å². The van der Waals surface area contributed by atoms with Crippen molar-refractivity contribution in [1.82, 2.24) is 30.2 Å². The number of nitrogens with one attached hydrogen (secondary N) is 2. The van der Waals surface area contributed by atoms with Crippen LogP contribution in [0.1, 0.15) is 40.7 Å². The van der Waals surface area contributed by atoms with Gasteiger partial charge in [0.2, 0.25) is 5.28 Å². The second-order valence-corrected chi connectivity index (χ2v) is 9.07. The molecule has 6 rings (SSSR count). The predicted molar refractivity (Wildman–Crippen MR) is 120 cm³/mol. The first-order valence-corrected chi connectivity index (χ1v) is 11.5. The van der Waals surface area contributed by atoms with Gasteiger partial charge in [-0.2, -0.15) is 0 Å². The summed E-state index contributed by atoms with van der Waals surface area (Å²) in [6.07, 6.45) is 6.88.